The van der Waals surface area contributed by atoms with E-state index in [1.54, 1.807) is 23.3 Å². The summed E-state index contributed by atoms with van der Waals surface area (Å²) in [6.07, 6.45) is 4.56. The highest BCUT2D eigenvalue weighted by Gasteiger charge is 2.38. The second kappa shape index (κ2) is 7.06. The number of nitrogens with one attached hydrogen (secondary N) is 1. The Labute approximate surface area is 168 Å². The van der Waals surface area contributed by atoms with E-state index in [4.69, 9.17) is 4.42 Å². The van der Waals surface area contributed by atoms with Crippen molar-refractivity contribution in [3.63, 3.8) is 0 Å². The number of carbonyl (C=O) groups excluding carboxylic acids is 3. The van der Waals surface area contributed by atoms with Crippen LogP contribution in [0.25, 0.3) is 0 Å². The van der Waals surface area contributed by atoms with E-state index in [1.807, 2.05) is 23.1 Å². The van der Waals surface area contributed by atoms with Gasteiger partial charge < -0.3 is 19.5 Å². The van der Waals surface area contributed by atoms with Crippen LogP contribution in [0.1, 0.15) is 30.6 Å². The number of rotatable bonds is 5. The van der Waals surface area contributed by atoms with Crippen molar-refractivity contribution in [3.05, 3.63) is 47.9 Å². The van der Waals surface area contributed by atoms with Crippen LogP contribution in [0.4, 0.5) is 11.4 Å². The van der Waals surface area contributed by atoms with E-state index in [0.29, 0.717) is 25.4 Å². The van der Waals surface area contributed by atoms with Gasteiger partial charge in [0, 0.05) is 36.8 Å². The Morgan fingerprint density at radius 3 is 2.79 bits per heavy atom. The van der Waals surface area contributed by atoms with Crippen LogP contribution in [0, 0.1) is 11.8 Å². The molecule has 1 aromatic carbocycles. The van der Waals surface area contributed by atoms with E-state index in [-0.39, 0.29) is 36.0 Å². The second-order valence-corrected chi connectivity index (χ2v) is 8.03. The molecule has 0 spiro atoms. The molecule has 7 heteroatoms. The highest BCUT2D eigenvalue weighted by Crippen LogP contribution is 2.38. The van der Waals surface area contributed by atoms with Crippen LogP contribution in [-0.2, 0) is 27.3 Å². The van der Waals surface area contributed by atoms with E-state index in [0.717, 1.165) is 36.2 Å². The Morgan fingerprint density at radius 2 is 2.03 bits per heavy atom. The van der Waals surface area contributed by atoms with Crippen LogP contribution in [0.2, 0.25) is 0 Å². The minimum Gasteiger partial charge on any atom is -0.467 e. The fraction of sp³-hybridized carbons (Fsp3) is 0.409. The van der Waals surface area contributed by atoms with Gasteiger partial charge >= 0.3 is 0 Å². The van der Waals surface area contributed by atoms with E-state index in [2.05, 4.69) is 5.32 Å². The second-order valence-electron chi connectivity index (χ2n) is 8.03. The molecular weight excluding hydrogens is 370 g/mol. The maximum absolute atomic E-state index is 12.6. The summed E-state index contributed by atoms with van der Waals surface area (Å²) in [5, 5.41) is 2.84. The van der Waals surface area contributed by atoms with Crippen molar-refractivity contribution in [1.82, 2.24) is 5.32 Å². The van der Waals surface area contributed by atoms with E-state index < -0.39 is 0 Å². The molecule has 29 heavy (non-hydrogen) atoms. The lowest BCUT2D eigenvalue weighted by Crippen LogP contribution is -2.32. The Bertz CT molecular complexity index is 964. The van der Waals surface area contributed by atoms with Gasteiger partial charge in [0.25, 0.3) is 0 Å². The monoisotopic (exact) mass is 393 g/mol. The molecule has 7 nitrogen and oxygen atoms in total. The summed E-state index contributed by atoms with van der Waals surface area (Å²) in [5.41, 5.74) is 2.86. The van der Waals surface area contributed by atoms with Gasteiger partial charge in [0.05, 0.1) is 18.7 Å². The third-order valence-corrected chi connectivity index (χ3v) is 5.98. The summed E-state index contributed by atoms with van der Waals surface area (Å²) in [6, 6.07) is 9.40. The van der Waals surface area contributed by atoms with Crippen LogP contribution in [-0.4, -0.2) is 30.8 Å². The van der Waals surface area contributed by atoms with Gasteiger partial charge in [-0.25, -0.2) is 0 Å². The van der Waals surface area contributed by atoms with Crippen molar-refractivity contribution in [1.29, 1.82) is 0 Å². The minimum absolute atomic E-state index is 0.0491. The summed E-state index contributed by atoms with van der Waals surface area (Å²) in [4.78, 5) is 41.0. The van der Waals surface area contributed by atoms with Crippen molar-refractivity contribution in [3.8, 4) is 0 Å². The lowest BCUT2D eigenvalue weighted by Gasteiger charge is -2.20. The first-order valence-electron chi connectivity index (χ1n) is 10.1. The average Bonchev–Trinajstić information content (AvgIpc) is 3.12. The van der Waals surface area contributed by atoms with Crippen molar-refractivity contribution < 1.29 is 18.8 Å². The number of furan rings is 1. The smallest absolute Gasteiger partial charge is 0.230 e. The first-order valence-corrected chi connectivity index (χ1v) is 10.1. The molecule has 1 aliphatic carbocycles. The quantitative estimate of drug-likeness (QED) is 0.845. The minimum atomic E-state index is -0.376. The number of amides is 3. The van der Waals surface area contributed by atoms with Crippen LogP contribution in [0.5, 0.6) is 0 Å². The number of fused-ring (bicyclic) bond motifs is 1. The van der Waals surface area contributed by atoms with Crippen molar-refractivity contribution >= 4 is 29.1 Å². The van der Waals surface area contributed by atoms with Gasteiger partial charge in [0.15, 0.2) is 0 Å². The standard InChI is InChI=1S/C22H23N3O4/c26-20-11-16(21(27)23-12-18-2-1-9-29-18)13-25(20)17-5-6-19-15(10-17)7-8-24(19)22(28)14-3-4-14/h1-2,5-6,9-10,14,16H,3-4,7-8,11-13H2,(H,23,27). The average molecular weight is 393 g/mol. The van der Waals surface area contributed by atoms with Gasteiger partial charge in [0.1, 0.15) is 5.76 Å². The van der Waals surface area contributed by atoms with E-state index in [1.165, 1.54) is 0 Å². The summed E-state index contributed by atoms with van der Waals surface area (Å²) in [6.45, 7) is 1.40. The SMILES string of the molecule is O=C(NCc1ccco1)C1CC(=O)N(c2ccc3c(c2)CCN3C(=O)C2CC2)C1. The molecule has 2 aliphatic heterocycles. The van der Waals surface area contributed by atoms with Gasteiger partial charge in [-0.3, -0.25) is 14.4 Å². The molecule has 1 unspecified atom stereocenters. The van der Waals surface area contributed by atoms with Crippen molar-refractivity contribution in [2.45, 2.75) is 32.2 Å². The molecule has 0 radical (unpaired) electrons. The lowest BCUT2D eigenvalue weighted by molar-refractivity contribution is -0.126. The fourth-order valence-electron chi connectivity index (χ4n) is 4.20. The number of anilines is 2. The van der Waals surface area contributed by atoms with Crippen LogP contribution < -0.4 is 15.1 Å². The first-order chi connectivity index (χ1) is 14.1. The van der Waals surface area contributed by atoms with Crippen LogP contribution in [0.15, 0.2) is 41.0 Å². The van der Waals surface area contributed by atoms with E-state index >= 15 is 0 Å². The van der Waals surface area contributed by atoms with Crippen molar-refractivity contribution in [2.24, 2.45) is 11.8 Å². The topological polar surface area (TPSA) is 82.9 Å². The first kappa shape index (κ1) is 18.0. The predicted molar refractivity (Wildman–Crippen MR) is 106 cm³/mol. The van der Waals surface area contributed by atoms with Crippen LogP contribution in [0.3, 0.4) is 0 Å². The molecule has 3 aliphatic rings. The molecule has 2 fully saturated rings. The molecule has 5 rings (SSSR count). The number of hydrogen-bond donors (Lipinski definition) is 1. The zero-order valence-corrected chi connectivity index (χ0v) is 16.1. The Morgan fingerprint density at radius 1 is 1.17 bits per heavy atom. The molecule has 2 aromatic rings. The third-order valence-electron chi connectivity index (χ3n) is 5.98. The maximum atomic E-state index is 12.6. The lowest BCUT2D eigenvalue weighted by atomic mass is 10.1. The van der Waals surface area contributed by atoms with Gasteiger partial charge in [-0.2, -0.15) is 0 Å². The normalized spacial score (nSPS) is 20.8. The van der Waals surface area contributed by atoms with Gasteiger partial charge in [-0.1, -0.05) is 0 Å². The van der Waals surface area contributed by atoms with Crippen LogP contribution >= 0.6 is 0 Å². The molecule has 1 aromatic heterocycles. The summed E-state index contributed by atoms with van der Waals surface area (Å²) < 4.78 is 5.22. The maximum Gasteiger partial charge on any atom is 0.230 e. The highest BCUT2D eigenvalue weighted by atomic mass is 16.3. The molecule has 1 atom stereocenters. The number of benzene rings is 1. The molecule has 0 bridgehead atoms. The Kier molecular flexibility index (Phi) is 4.38. The highest BCUT2D eigenvalue weighted by molar-refractivity contribution is 6.02. The molecule has 1 saturated heterocycles. The molecule has 1 N–H and O–H groups in total. The molecule has 1 saturated carbocycles. The summed E-state index contributed by atoms with van der Waals surface area (Å²) in [5.74, 6) is 0.539. The molecule has 3 amide bonds. The molecule has 150 valence electrons. The summed E-state index contributed by atoms with van der Waals surface area (Å²) in [7, 11) is 0. The summed E-state index contributed by atoms with van der Waals surface area (Å²) >= 11 is 0. The fourth-order valence-corrected chi connectivity index (χ4v) is 4.20. The largest absolute Gasteiger partial charge is 0.467 e. The van der Waals surface area contributed by atoms with Crippen molar-refractivity contribution in [2.75, 3.05) is 22.9 Å². The molecule has 3 heterocycles. The Hall–Kier alpha value is -3.09. The van der Waals surface area contributed by atoms with Gasteiger partial charge in [-0.05, 0) is 55.2 Å². The number of hydrogen-bond acceptors (Lipinski definition) is 4. The predicted octanol–water partition coefficient (Wildman–Crippen LogP) is 2.25. The molecular formula is C22H23N3O4. The van der Waals surface area contributed by atoms with E-state index in [9.17, 15) is 14.4 Å². The third kappa shape index (κ3) is 3.41. The Balaban J connectivity index is 1.26. The zero-order valence-electron chi connectivity index (χ0n) is 16.1. The van der Waals surface area contributed by atoms with Gasteiger partial charge in [0.2, 0.25) is 17.7 Å². The number of carbonyl (C=O) groups is 3. The van der Waals surface area contributed by atoms with Gasteiger partial charge in [-0.15, -0.1) is 0 Å². The number of nitrogens with zero attached hydrogens (tertiary/aromatic N) is 2. The zero-order chi connectivity index (χ0) is 20.0.